The quantitative estimate of drug-likeness (QED) is 0.508. The molecule has 0 amide bonds. The minimum Gasteiger partial charge on any atom is -0.388 e. The number of aryl methyl sites for hydroxylation is 1. The molecule has 4 aromatic rings. The smallest absolute Gasteiger partial charge is 0.262 e. The van der Waals surface area contributed by atoms with Gasteiger partial charge in [0.1, 0.15) is 12.1 Å². The number of likely N-dealkylation sites (tertiary alicyclic amines) is 1. The molecule has 1 saturated heterocycles. The second kappa shape index (κ2) is 8.57. The Balaban J connectivity index is 1.35. The van der Waals surface area contributed by atoms with Crippen LogP contribution in [0.15, 0.2) is 71.8 Å². The molecule has 33 heavy (non-hydrogen) atoms. The van der Waals surface area contributed by atoms with Crippen molar-refractivity contribution in [1.29, 1.82) is 0 Å². The third-order valence-corrected chi connectivity index (χ3v) is 6.55. The molecule has 1 aliphatic rings. The van der Waals surface area contributed by atoms with Crippen LogP contribution >= 0.6 is 0 Å². The fourth-order valence-corrected chi connectivity index (χ4v) is 4.71. The zero-order valence-electron chi connectivity index (χ0n) is 18.6. The van der Waals surface area contributed by atoms with Crippen molar-refractivity contribution in [3.8, 4) is 5.69 Å². The average molecular weight is 447 g/mol. The number of hydrogen-bond donors (Lipinski definition) is 1. The molecule has 1 aliphatic heterocycles. The van der Waals surface area contributed by atoms with Crippen molar-refractivity contribution in [2.24, 2.45) is 0 Å². The summed E-state index contributed by atoms with van der Waals surface area (Å²) in [5.74, 6) is -0.314. The molecule has 0 bridgehead atoms. The molecule has 0 saturated carbocycles. The van der Waals surface area contributed by atoms with Gasteiger partial charge >= 0.3 is 0 Å². The van der Waals surface area contributed by atoms with Crippen LogP contribution in [0.4, 0.5) is 4.39 Å². The van der Waals surface area contributed by atoms with Gasteiger partial charge in [0.05, 0.1) is 17.5 Å². The van der Waals surface area contributed by atoms with Crippen molar-refractivity contribution in [1.82, 2.24) is 19.0 Å². The predicted molar refractivity (Wildman–Crippen MR) is 126 cm³/mol. The van der Waals surface area contributed by atoms with Gasteiger partial charge in [-0.2, -0.15) is 0 Å². The van der Waals surface area contributed by atoms with Gasteiger partial charge in [0.2, 0.25) is 0 Å². The third-order valence-electron chi connectivity index (χ3n) is 6.55. The Hall–Kier alpha value is -3.29. The van der Waals surface area contributed by atoms with Gasteiger partial charge in [0.15, 0.2) is 5.65 Å². The fourth-order valence-electron chi connectivity index (χ4n) is 4.71. The van der Waals surface area contributed by atoms with E-state index in [1.165, 1.54) is 28.6 Å². The van der Waals surface area contributed by atoms with E-state index in [4.69, 9.17) is 0 Å². The molecule has 5 rings (SSSR count). The normalized spacial score (nSPS) is 16.3. The molecule has 170 valence electrons. The maximum atomic E-state index is 13.3. The van der Waals surface area contributed by atoms with Gasteiger partial charge in [-0.3, -0.25) is 18.8 Å². The summed E-state index contributed by atoms with van der Waals surface area (Å²) in [7, 11) is 0. The second-order valence-corrected chi connectivity index (χ2v) is 9.00. The van der Waals surface area contributed by atoms with E-state index in [1.807, 2.05) is 29.7 Å². The Morgan fingerprint density at radius 2 is 1.76 bits per heavy atom. The van der Waals surface area contributed by atoms with Crippen LogP contribution in [0.3, 0.4) is 0 Å². The molecule has 3 heterocycles. The van der Waals surface area contributed by atoms with Crippen LogP contribution in [-0.4, -0.2) is 42.8 Å². The Labute approximate surface area is 191 Å². The third kappa shape index (κ3) is 4.34. The van der Waals surface area contributed by atoms with Crippen LogP contribution < -0.4 is 5.56 Å². The summed E-state index contributed by atoms with van der Waals surface area (Å²) in [6.45, 7) is 4.52. The summed E-state index contributed by atoms with van der Waals surface area (Å²) >= 11 is 0. The molecule has 0 radical (unpaired) electrons. The molecule has 2 aromatic carbocycles. The molecule has 0 spiro atoms. The summed E-state index contributed by atoms with van der Waals surface area (Å²) in [5, 5.41) is 11.7. The summed E-state index contributed by atoms with van der Waals surface area (Å²) in [5.41, 5.74) is 2.26. The van der Waals surface area contributed by atoms with Gasteiger partial charge in [-0.15, -0.1) is 0 Å². The Morgan fingerprint density at radius 1 is 1.06 bits per heavy atom. The van der Waals surface area contributed by atoms with Crippen LogP contribution in [0.5, 0.6) is 0 Å². The molecule has 1 N–H and O–H groups in total. The van der Waals surface area contributed by atoms with Crippen molar-refractivity contribution in [3.63, 3.8) is 0 Å². The van der Waals surface area contributed by atoms with E-state index in [0.29, 0.717) is 23.9 Å². The van der Waals surface area contributed by atoms with Gasteiger partial charge in [-0.1, -0.05) is 30.3 Å². The first-order chi connectivity index (χ1) is 15.9. The number of aromatic nitrogens is 3. The van der Waals surface area contributed by atoms with Gasteiger partial charge in [0.25, 0.3) is 5.56 Å². The molecule has 0 unspecified atom stereocenters. The lowest BCUT2D eigenvalue weighted by atomic mass is 9.91. The first-order valence-electron chi connectivity index (χ1n) is 11.2. The van der Waals surface area contributed by atoms with E-state index in [2.05, 4.69) is 22.0 Å². The summed E-state index contributed by atoms with van der Waals surface area (Å²) in [4.78, 5) is 20.1. The number of fused-ring (bicyclic) bond motifs is 1. The van der Waals surface area contributed by atoms with Crippen LogP contribution in [0.2, 0.25) is 0 Å². The predicted octanol–water partition coefficient (Wildman–Crippen LogP) is 3.66. The number of rotatable bonds is 5. The van der Waals surface area contributed by atoms with Crippen molar-refractivity contribution >= 4 is 11.0 Å². The minimum absolute atomic E-state index is 0.177. The number of halogens is 1. The molecule has 6 nitrogen and oxygen atoms in total. The van der Waals surface area contributed by atoms with Crippen LogP contribution in [0, 0.1) is 12.7 Å². The lowest BCUT2D eigenvalue weighted by molar-refractivity contribution is -0.0364. The average Bonchev–Trinajstić information content (AvgIpc) is 3.15. The van der Waals surface area contributed by atoms with Crippen LogP contribution in [-0.2, 0) is 13.1 Å². The number of hydrogen-bond acceptors (Lipinski definition) is 4. The first kappa shape index (κ1) is 21.6. The Morgan fingerprint density at radius 3 is 2.45 bits per heavy atom. The lowest BCUT2D eigenvalue weighted by Gasteiger charge is -2.38. The summed E-state index contributed by atoms with van der Waals surface area (Å²) in [6.07, 6.45) is 2.71. The highest BCUT2D eigenvalue weighted by Gasteiger charge is 2.33. The van der Waals surface area contributed by atoms with E-state index in [9.17, 15) is 14.3 Å². The van der Waals surface area contributed by atoms with Crippen molar-refractivity contribution < 1.29 is 9.50 Å². The Kier molecular flexibility index (Phi) is 5.60. The monoisotopic (exact) mass is 446 g/mol. The van der Waals surface area contributed by atoms with Crippen molar-refractivity contribution in [3.05, 3.63) is 94.4 Å². The van der Waals surface area contributed by atoms with Gasteiger partial charge in [-0.05, 0) is 55.7 Å². The number of nitrogens with zero attached hydrogens (tertiary/aromatic N) is 4. The van der Waals surface area contributed by atoms with E-state index in [0.717, 1.165) is 31.0 Å². The van der Waals surface area contributed by atoms with E-state index in [-0.39, 0.29) is 17.9 Å². The topological polar surface area (TPSA) is 63.3 Å². The zero-order valence-corrected chi connectivity index (χ0v) is 18.6. The highest BCUT2D eigenvalue weighted by atomic mass is 19.1. The molecular weight excluding hydrogens is 419 g/mol. The molecule has 0 atom stereocenters. The van der Waals surface area contributed by atoms with Crippen LogP contribution in [0.25, 0.3) is 16.7 Å². The van der Waals surface area contributed by atoms with Crippen molar-refractivity contribution in [2.45, 2.75) is 38.5 Å². The van der Waals surface area contributed by atoms with Crippen molar-refractivity contribution in [2.75, 3.05) is 13.1 Å². The highest BCUT2D eigenvalue weighted by Crippen LogP contribution is 2.26. The molecular formula is C26H27FN4O2. The SMILES string of the molecule is Cc1cc2c(=O)n(CC3(O)CCN(Cc4ccccc4)CC3)cnc2n1-c1ccc(F)cc1. The number of benzene rings is 2. The summed E-state index contributed by atoms with van der Waals surface area (Å²) in [6, 6.07) is 18.2. The fraction of sp³-hybridized carbons (Fsp3) is 0.308. The number of piperidine rings is 1. The minimum atomic E-state index is -0.944. The second-order valence-electron chi connectivity index (χ2n) is 9.00. The largest absolute Gasteiger partial charge is 0.388 e. The molecule has 1 fully saturated rings. The van der Waals surface area contributed by atoms with E-state index >= 15 is 0 Å². The molecule has 0 aliphatic carbocycles. The summed E-state index contributed by atoms with van der Waals surface area (Å²) < 4.78 is 16.7. The first-order valence-corrected chi connectivity index (χ1v) is 11.2. The molecule has 7 heteroatoms. The van der Waals surface area contributed by atoms with Gasteiger partial charge in [-0.25, -0.2) is 9.37 Å². The maximum absolute atomic E-state index is 13.3. The molecule has 2 aromatic heterocycles. The standard InChI is InChI=1S/C26H27FN4O2/c1-19-15-23-24(31(19)22-9-7-21(27)8-10-22)28-18-30(25(23)32)17-26(33)11-13-29(14-12-26)16-20-5-3-2-4-6-20/h2-10,15,18,33H,11-14,16-17H2,1H3. The number of aliphatic hydroxyl groups is 1. The Bertz CT molecular complexity index is 1320. The maximum Gasteiger partial charge on any atom is 0.262 e. The highest BCUT2D eigenvalue weighted by molar-refractivity contribution is 5.78. The zero-order chi connectivity index (χ0) is 23.0. The van der Waals surface area contributed by atoms with Crippen LogP contribution in [0.1, 0.15) is 24.1 Å². The van der Waals surface area contributed by atoms with E-state index in [1.54, 1.807) is 18.2 Å². The van der Waals surface area contributed by atoms with Gasteiger partial charge < -0.3 is 5.11 Å². The van der Waals surface area contributed by atoms with E-state index < -0.39 is 5.60 Å². The lowest BCUT2D eigenvalue weighted by Crippen LogP contribution is -2.47. The van der Waals surface area contributed by atoms with Gasteiger partial charge in [0, 0.05) is 31.0 Å².